The van der Waals surface area contributed by atoms with Crippen LogP contribution in [-0.2, 0) is 6.54 Å². The molecule has 2 aliphatic rings. The van der Waals surface area contributed by atoms with Crippen molar-refractivity contribution < 1.29 is 0 Å². The fourth-order valence-corrected chi connectivity index (χ4v) is 3.84. The first-order valence-corrected chi connectivity index (χ1v) is 9.39. The molecular weight excluding hydrogens is 306 g/mol. The zero-order valence-electron chi connectivity index (χ0n) is 12.3. The quantitative estimate of drug-likeness (QED) is 0.900. The highest BCUT2D eigenvalue weighted by Gasteiger charge is 2.25. The Morgan fingerprint density at radius 1 is 1.33 bits per heavy atom. The van der Waals surface area contributed by atoms with E-state index < -0.39 is 0 Å². The lowest BCUT2D eigenvalue weighted by Gasteiger charge is -2.28. The number of nitrogens with one attached hydrogen (secondary N) is 1. The van der Waals surface area contributed by atoms with Crippen molar-refractivity contribution in [1.29, 1.82) is 0 Å². The molecule has 0 unspecified atom stereocenters. The first-order valence-electron chi connectivity index (χ1n) is 7.72. The molecule has 0 spiro atoms. The summed E-state index contributed by atoms with van der Waals surface area (Å²) in [6.45, 7) is 0.726. The van der Waals surface area contributed by atoms with Crippen LogP contribution in [0.5, 0.6) is 0 Å². The van der Waals surface area contributed by atoms with Gasteiger partial charge in [0.2, 0.25) is 0 Å². The Kier molecular flexibility index (Phi) is 4.79. The highest BCUT2D eigenvalue weighted by Crippen LogP contribution is 2.31. The second kappa shape index (κ2) is 6.61. The molecule has 1 aromatic heterocycles. The van der Waals surface area contributed by atoms with Crippen LogP contribution in [-0.4, -0.2) is 27.3 Å². The molecule has 0 aromatic carbocycles. The third kappa shape index (κ3) is 3.75. The van der Waals surface area contributed by atoms with Crippen LogP contribution in [0, 0.1) is 5.92 Å². The van der Waals surface area contributed by atoms with Gasteiger partial charge in [-0.1, -0.05) is 11.6 Å². The summed E-state index contributed by atoms with van der Waals surface area (Å²) in [5.74, 6) is 0.626. The van der Waals surface area contributed by atoms with Gasteiger partial charge < -0.3 is 5.32 Å². The lowest BCUT2D eigenvalue weighted by molar-refractivity contribution is 0.471. The maximum atomic E-state index is 12.5. The molecule has 2 fully saturated rings. The number of hydrogen-bond acceptors (Lipinski definition) is 4. The van der Waals surface area contributed by atoms with E-state index in [9.17, 15) is 4.79 Å². The molecule has 4 nitrogen and oxygen atoms in total. The second-order valence-electron chi connectivity index (χ2n) is 6.15. The molecule has 2 aliphatic carbocycles. The highest BCUT2D eigenvalue weighted by molar-refractivity contribution is 7.99. The largest absolute Gasteiger partial charge is 0.377 e. The van der Waals surface area contributed by atoms with E-state index in [4.69, 9.17) is 11.6 Å². The van der Waals surface area contributed by atoms with Gasteiger partial charge in [0.1, 0.15) is 5.69 Å². The lowest BCUT2D eigenvalue weighted by Crippen LogP contribution is -2.33. The molecule has 6 heteroatoms. The number of hydrogen-bond donors (Lipinski definition) is 1. The van der Waals surface area contributed by atoms with Gasteiger partial charge in [-0.3, -0.25) is 4.79 Å². The fourth-order valence-electron chi connectivity index (χ4n) is 2.92. The maximum Gasteiger partial charge on any atom is 0.291 e. The molecule has 1 heterocycles. The van der Waals surface area contributed by atoms with E-state index in [-0.39, 0.29) is 5.56 Å². The number of nitrogens with zero attached hydrogens (tertiary/aromatic N) is 2. The summed E-state index contributed by atoms with van der Waals surface area (Å²) in [5, 5.41) is 8.76. The number of rotatable bonds is 5. The minimum Gasteiger partial charge on any atom is -0.377 e. The van der Waals surface area contributed by atoms with Crippen molar-refractivity contribution in [3.63, 3.8) is 0 Å². The van der Waals surface area contributed by atoms with Crippen LogP contribution >= 0.6 is 23.4 Å². The zero-order chi connectivity index (χ0) is 14.8. The average Bonchev–Trinajstić information content (AvgIpc) is 3.31. The van der Waals surface area contributed by atoms with Gasteiger partial charge in [0.15, 0.2) is 0 Å². The Labute approximate surface area is 134 Å². The first-order chi connectivity index (χ1) is 10.2. The summed E-state index contributed by atoms with van der Waals surface area (Å²) >= 11 is 8.13. The molecular formula is C15H22ClN3OS. The normalized spacial score (nSPS) is 25.8. The van der Waals surface area contributed by atoms with Crippen molar-refractivity contribution >= 4 is 29.1 Å². The van der Waals surface area contributed by atoms with Crippen molar-refractivity contribution in [1.82, 2.24) is 9.78 Å². The summed E-state index contributed by atoms with van der Waals surface area (Å²) in [6.07, 6.45) is 10.8. The Bertz CT molecular complexity index is 550. The van der Waals surface area contributed by atoms with E-state index in [1.54, 1.807) is 10.9 Å². The van der Waals surface area contributed by atoms with E-state index in [0.717, 1.165) is 24.6 Å². The average molecular weight is 328 g/mol. The third-order valence-electron chi connectivity index (χ3n) is 4.48. The molecule has 0 saturated heterocycles. The third-order valence-corrected chi connectivity index (χ3v) is 5.91. The van der Waals surface area contributed by atoms with Gasteiger partial charge in [-0.05, 0) is 50.7 Å². The van der Waals surface area contributed by atoms with E-state index in [1.807, 2.05) is 11.8 Å². The van der Waals surface area contributed by atoms with Crippen LogP contribution in [0.25, 0.3) is 0 Å². The predicted molar refractivity (Wildman–Crippen MR) is 89.4 cm³/mol. The Balaban J connectivity index is 1.70. The maximum absolute atomic E-state index is 12.5. The predicted octanol–water partition coefficient (Wildman–Crippen LogP) is 3.39. The van der Waals surface area contributed by atoms with Crippen molar-refractivity contribution in [3.8, 4) is 0 Å². The fraction of sp³-hybridized carbons (Fsp3) is 0.733. The molecule has 3 rings (SSSR count). The van der Waals surface area contributed by atoms with Crippen molar-refractivity contribution in [3.05, 3.63) is 21.6 Å². The highest BCUT2D eigenvalue weighted by atomic mass is 35.5. The second-order valence-corrected chi connectivity index (χ2v) is 7.70. The van der Waals surface area contributed by atoms with Gasteiger partial charge in [-0.2, -0.15) is 16.9 Å². The van der Waals surface area contributed by atoms with Gasteiger partial charge in [-0.25, -0.2) is 4.68 Å². The molecule has 21 heavy (non-hydrogen) atoms. The van der Waals surface area contributed by atoms with Crippen molar-refractivity contribution in [2.75, 3.05) is 11.6 Å². The van der Waals surface area contributed by atoms with Crippen LogP contribution in [0.15, 0.2) is 11.0 Å². The standard InChI is InChI=1S/C15H22ClN3OS/c1-21-12-6-4-11(5-7-12)18-14-13(16)8-17-19(15(14)20)9-10-2-3-10/h8,10-12,18H,2-7,9H2,1H3. The van der Waals surface area contributed by atoms with Gasteiger partial charge in [0, 0.05) is 17.8 Å². The van der Waals surface area contributed by atoms with Crippen LogP contribution < -0.4 is 10.9 Å². The molecule has 0 bridgehead atoms. The Morgan fingerprint density at radius 3 is 2.67 bits per heavy atom. The summed E-state index contributed by atoms with van der Waals surface area (Å²) in [7, 11) is 0. The summed E-state index contributed by atoms with van der Waals surface area (Å²) in [4.78, 5) is 12.5. The molecule has 0 amide bonds. The Hall–Kier alpha value is -0.680. The molecule has 2 saturated carbocycles. The molecule has 116 valence electrons. The van der Waals surface area contributed by atoms with Gasteiger partial charge in [0.05, 0.1) is 11.2 Å². The topological polar surface area (TPSA) is 46.9 Å². The number of aromatic nitrogens is 2. The van der Waals surface area contributed by atoms with E-state index in [0.29, 0.717) is 22.7 Å². The van der Waals surface area contributed by atoms with E-state index >= 15 is 0 Å². The summed E-state index contributed by atoms with van der Waals surface area (Å²) in [5.41, 5.74) is 0.473. The number of thioether (sulfide) groups is 1. The molecule has 0 aliphatic heterocycles. The molecule has 0 radical (unpaired) electrons. The SMILES string of the molecule is CSC1CCC(Nc2c(Cl)cnn(CC3CC3)c2=O)CC1. The monoisotopic (exact) mass is 327 g/mol. The minimum absolute atomic E-state index is 0.0682. The zero-order valence-corrected chi connectivity index (χ0v) is 13.9. The van der Waals surface area contributed by atoms with Crippen LogP contribution in [0.2, 0.25) is 5.02 Å². The summed E-state index contributed by atoms with van der Waals surface area (Å²) in [6, 6.07) is 0.357. The van der Waals surface area contributed by atoms with E-state index in [2.05, 4.69) is 16.7 Å². The van der Waals surface area contributed by atoms with Crippen LogP contribution in [0.3, 0.4) is 0 Å². The molecule has 1 N–H and O–H groups in total. The van der Waals surface area contributed by atoms with Crippen LogP contribution in [0.4, 0.5) is 5.69 Å². The van der Waals surface area contributed by atoms with E-state index in [1.165, 1.54) is 25.7 Å². The molecule has 1 aromatic rings. The minimum atomic E-state index is -0.0682. The first kappa shape index (κ1) is 15.2. The number of anilines is 1. The van der Waals surface area contributed by atoms with Crippen LogP contribution in [0.1, 0.15) is 38.5 Å². The van der Waals surface area contributed by atoms with Gasteiger partial charge in [-0.15, -0.1) is 0 Å². The number of halogens is 1. The molecule has 0 atom stereocenters. The van der Waals surface area contributed by atoms with Crippen molar-refractivity contribution in [2.24, 2.45) is 5.92 Å². The van der Waals surface area contributed by atoms with Gasteiger partial charge >= 0.3 is 0 Å². The Morgan fingerprint density at radius 2 is 2.05 bits per heavy atom. The lowest BCUT2D eigenvalue weighted by atomic mass is 9.95. The van der Waals surface area contributed by atoms with Gasteiger partial charge in [0.25, 0.3) is 5.56 Å². The smallest absolute Gasteiger partial charge is 0.291 e. The van der Waals surface area contributed by atoms with Crippen molar-refractivity contribution in [2.45, 2.75) is 56.4 Å². The summed E-state index contributed by atoms with van der Waals surface area (Å²) < 4.78 is 1.57.